The molecule has 0 bridgehead atoms. The summed E-state index contributed by atoms with van der Waals surface area (Å²) < 4.78 is 0. The summed E-state index contributed by atoms with van der Waals surface area (Å²) in [6, 6.07) is 8.13. The van der Waals surface area contributed by atoms with Crippen LogP contribution in [-0.4, -0.2) is 7.85 Å². The standard InChI is InChI=1S/C7H8B.2C3H7.Ni/c1-6-2-4-7(8)5-3-6;2*1-3-2;/h2-5,8H,1H3;2*1,3H2,2H3;/q;2*-1;+2. The smallest absolute Gasteiger partial charge is 0.344 e. The number of rotatable bonds is 0. The van der Waals surface area contributed by atoms with Crippen molar-refractivity contribution < 1.29 is 16.5 Å². The fraction of sp³-hybridized carbons (Fsp3) is 0.385. The second-order valence-electron chi connectivity index (χ2n) is 2.99. The molecule has 2 heteroatoms. The Kier molecular flexibility index (Phi) is 21.9. The molecule has 1 aromatic rings. The van der Waals surface area contributed by atoms with Crippen LogP contribution in [0, 0.1) is 20.8 Å². The first-order valence-corrected chi connectivity index (χ1v) is 5.09. The summed E-state index contributed by atoms with van der Waals surface area (Å²) in [6.07, 6.45) is 2.00. The van der Waals surface area contributed by atoms with Crippen molar-refractivity contribution in [3.8, 4) is 0 Å². The average molecular weight is 248 g/mol. The molecule has 0 spiro atoms. The summed E-state index contributed by atoms with van der Waals surface area (Å²) >= 11 is 0. The van der Waals surface area contributed by atoms with Gasteiger partial charge in [0.1, 0.15) is 7.85 Å². The van der Waals surface area contributed by atoms with Crippen LogP contribution in [0.5, 0.6) is 0 Å². The molecule has 1 aromatic carbocycles. The molecule has 0 fully saturated rings. The third kappa shape index (κ3) is 20.0. The van der Waals surface area contributed by atoms with Gasteiger partial charge in [-0.05, 0) is 6.92 Å². The van der Waals surface area contributed by atoms with Crippen LogP contribution < -0.4 is 5.46 Å². The van der Waals surface area contributed by atoms with Crippen molar-refractivity contribution in [2.75, 3.05) is 0 Å². The Morgan fingerprint density at radius 1 is 1.00 bits per heavy atom. The van der Waals surface area contributed by atoms with Crippen LogP contribution in [0.4, 0.5) is 0 Å². The predicted octanol–water partition coefficient (Wildman–Crippen LogP) is 2.98. The summed E-state index contributed by atoms with van der Waals surface area (Å²) in [4.78, 5) is 0. The Morgan fingerprint density at radius 2 is 1.27 bits per heavy atom. The van der Waals surface area contributed by atoms with Crippen LogP contribution in [0.2, 0.25) is 0 Å². The molecule has 0 N–H and O–H groups in total. The largest absolute Gasteiger partial charge is 2.00 e. The maximum atomic E-state index is 3.76. The second-order valence-corrected chi connectivity index (χ2v) is 2.99. The van der Waals surface area contributed by atoms with Gasteiger partial charge in [0, 0.05) is 0 Å². The van der Waals surface area contributed by atoms with E-state index in [4.69, 9.17) is 0 Å². The van der Waals surface area contributed by atoms with E-state index in [0.29, 0.717) is 0 Å². The molecular formula is C13H22BNi. The molecule has 1 radical (unpaired) electrons. The van der Waals surface area contributed by atoms with Gasteiger partial charge >= 0.3 is 16.5 Å². The van der Waals surface area contributed by atoms with Crippen molar-refractivity contribution in [2.45, 2.75) is 33.6 Å². The quantitative estimate of drug-likeness (QED) is 0.489. The van der Waals surface area contributed by atoms with Crippen molar-refractivity contribution in [3.05, 3.63) is 43.7 Å². The molecule has 0 nitrogen and oxygen atoms in total. The van der Waals surface area contributed by atoms with Crippen LogP contribution in [0.1, 0.15) is 32.3 Å². The topological polar surface area (TPSA) is 0 Å². The summed E-state index contributed by atoms with van der Waals surface area (Å²) in [6.45, 7) is 13.1. The SMILES string of the molecule is [BH]c1ccc(C)cc1.[CH2-]CC.[CH2-]CC.[Ni+2]. The average Bonchev–Trinajstić information content (AvgIpc) is 2.13. The first-order valence-electron chi connectivity index (χ1n) is 5.09. The van der Waals surface area contributed by atoms with Gasteiger partial charge in [-0.1, -0.05) is 49.1 Å². The molecule has 87 valence electrons. The van der Waals surface area contributed by atoms with E-state index >= 15 is 0 Å². The zero-order chi connectivity index (χ0) is 11.4. The number of aryl methyl sites for hydroxylation is 1. The number of hydrogen-bond acceptors (Lipinski definition) is 0. The molecule has 1 rings (SSSR count). The van der Waals surface area contributed by atoms with Crippen molar-refractivity contribution >= 4 is 13.3 Å². The second kappa shape index (κ2) is 16.2. The predicted molar refractivity (Wildman–Crippen MR) is 69.3 cm³/mol. The van der Waals surface area contributed by atoms with Crippen LogP contribution in [0.15, 0.2) is 24.3 Å². The first kappa shape index (κ1) is 20.2. The monoisotopic (exact) mass is 247 g/mol. The van der Waals surface area contributed by atoms with Gasteiger partial charge in [0.25, 0.3) is 0 Å². The minimum absolute atomic E-state index is 0. The molecule has 0 unspecified atom stereocenters. The van der Waals surface area contributed by atoms with Crippen molar-refractivity contribution in [3.63, 3.8) is 0 Å². The summed E-state index contributed by atoms with van der Waals surface area (Å²) in [5, 5.41) is 0. The molecular weight excluding hydrogens is 226 g/mol. The Labute approximate surface area is 107 Å². The molecule has 0 aliphatic rings. The minimum Gasteiger partial charge on any atom is -0.344 e. The van der Waals surface area contributed by atoms with E-state index in [1.165, 1.54) is 5.56 Å². The molecule has 0 aliphatic carbocycles. The number of hydrogen-bond donors (Lipinski definition) is 0. The Hall–Kier alpha value is -0.222. The van der Waals surface area contributed by atoms with Gasteiger partial charge in [0.2, 0.25) is 0 Å². The molecule has 0 aromatic heterocycles. The minimum atomic E-state index is 0. The normalized spacial score (nSPS) is 7.27. The maximum absolute atomic E-state index is 3.76. The molecule has 0 saturated carbocycles. The fourth-order valence-corrected chi connectivity index (χ4v) is 0.588. The van der Waals surface area contributed by atoms with Gasteiger partial charge in [-0.15, -0.1) is 0 Å². The van der Waals surface area contributed by atoms with Gasteiger partial charge < -0.3 is 13.8 Å². The van der Waals surface area contributed by atoms with Gasteiger partial charge in [0.15, 0.2) is 0 Å². The summed E-state index contributed by atoms with van der Waals surface area (Å²) in [5.74, 6) is 0. The Balaban J connectivity index is -0.000000177. The van der Waals surface area contributed by atoms with Gasteiger partial charge in [-0.2, -0.15) is 12.8 Å². The van der Waals surface area contributed by atoms with E-state index in [0.717, 1.165) is 18.3 Å². The van der Waals surface area contributed by atoms with Crippen LogP contribution in [0.25, 0.3) is 0 Å². The van der Waals surface area contributed by atoms with Crippen LogP contribution >= 0.6 is 0 Å². The van der Waals surface area contributed by atoms with Crippen molar-refractivity contribution in [1.29, 1.82) is 0 Å². The third-order valence-corrected chi connectivity index (χ3v) is 1.12. The molecule has 0 heterocycles. The molecule has 0 amide bonds. The van der Waals surface area contributed by atoms with E-state index in [2.05, 4.69) is 40.8 Å². The maximum Gasteiger partial charge on any atom is 2.00 e. The zero-order valence-electron chi connectivity index (χ0n) is 10.2. The Morgan fingerprint density at radius 3 is 1.47 bits per heavy atom. The van der Waals surface area contributed by atoms with Crippen molar-refractivity contribution in [2.24, 2.45) is 0 Å². The van der Waals surface area contributed by atoms with Gasteiger partial charge in [0.05, 0.1) is 0 Å². The fourth-order valence-electron chi connectivity index (χ4n) is 0.588. The molecule has 0 aliphatic heterocycles. The van der Waals surface area contributed by atoms with Crippen LogP contribution in [0.3, 0.4) is 0 Å². The molecule has 0 saturated heterocycles. The third-order valence-electron chi connectivity index (χ3n) is 1.12. The molecule has 0 atom stereocenters. The summed E-state index contributed by atoms with van der Waals surface area (Å²) in [5.41, 5.74) is 2.37. The van der Waals surface area contributed by atoms with Crippen molar-refractivity contribution in [1.82, 2.24) is 0 Å². The molecule has 15 heavy (non-hydrogen) atoms. The van der Waals surface area contributed by atoms with E-state index < -0.39 is 0 Å². The first-order chi connectivity index (χ1) is 6.62. The van der Waals surface area contributed by atoms with E-state index in [-0.39, 0.29) is 16.5 Å². The summed E-state index contributed by atoms with van der Waals surface area (Å²) in [7, 11) is 3.76. The van der Waals surface area contributed by atoms with Crippen LogP contribution in [-0.2, 0) is 16.5 Å². The van der Waals surface area contributed by atoms with E-state index in [9.17, 15) is 0 Å². The van der Waals surface area contributed by atoms with E-state index in [1.807, 2.05) is 26.0 Å². The van der Waals surface area contributed by atoms with Gasteiger partial charge in [-0.25, -0.2) is 0 Å². The number of benzene rings is 1. The van der Waals surface area contributed by atoms with Gasteiger partial charge in [-0.3, -0.25) is 0 Å². The zero-order valence-corrected chi connectivity index (χ0v) is 11.1. The van der Waals surface area contributed by atoms with E-state index in [1.54, 1.807) is 0 Å². The Bertz CT molecular complexity index is 171.